The van der Waals surface area contributed by atoms with Crippen LogP contribution in [0.2, 0.25) is 0 Å². The molecule has 0 spiro atoms. The average Bonchev–Trinajstić information content (AvgIpc) is 3.31. The molecule has 3 aromatic heterocycles. The third-order valence-electron chi connectivity index (χ3n) is 5.12. The Labute approximate surface area is 195 Å². The molecule has 4 rings (SSSR count). The largest absolute Gasteiger partial charge is 0.443 e. The van der Waals surface area contributed by atoms with E-state index in [2.05, 4.69) is 15.3 Å². The van der Waals surface area contributed by atoms with E-state index in [0.717, 1.165) is 16.2 Å². The van der Waals surface area contributed by atoms with Gasteiger partial charge in [-0.05, 0) is 56.8 Å². The first-order valence-corrected chi connectivity index (χ1v) is 11.3. The van der Waals surface area contributed by atoms with Crippen molar-refractivity contribution in [2.45, 2.75) is 39.7 Å². The maximum absolute atomic E-state index is 13.0. The Kier molecular flexibility index (Phi) is 5.79. The van der Waals surface area contributed by atoms with E-state index in [9.17, 15) is 14.4 Å². The molecule has 33 heavy (non-hydrogen) atoms. The van der Waals surface area contributed by atoms with Gasteiger partial charge in [-0.1, -0.05) is 0 Å². The molecule has 0 saturated carbocycles. The molecule has 0 aromatic carbocycles. The zero-order chi connectivity index (χ0) is 23.9. The van der Waals surface area contributed by atoms with E-state index in [1.807, 2.05) is 23.9 Å². The summed E-state index contributed by atoms with van der Waals surface area (Å²) < 4.78 is 7.26. The average molecular weight is 468 g/mol. The monoisotopic (exact) mass is 467 g/mol. The van der Waals surface area contributed by atoms with E-state index in [1.54, 1.807) is 45.2 Å². The first kappa shape index (κ1) is 22.7. The highest BCUT2D eigenvalue weighted by Gasteiger charge is 2.35. The van der Waals surface area contributed by atoms with Crippen molar-refractivity contribution in [1.82, 2.24) is 19.4 Å². The number of fused-ring (bicyclic) bond motifs is 1. The molecule has 0 saturated heterocycles. The van der Waals surface area contributed by atoms with Crippen molar-refractivity contribution in [3.05, 3.63) is 51.5 Å². The Bertz CT molecular complexity index is 1250. The summed E-state index contributed by atoms with van der Waals surface area (Å²) in [5, 5.41) is 4.62. The number of anilines is 1. The number of hydrogen-bond acceptors (Lipinski definition) is 7. The molecule has 9 nitrogen and oxygen atoms in total. The molecule has 0 radical (unpaired) electrons. The lowest BCUT2D eigenvalue weighted by Gasteiger charge is -2.28. The van der Waals surface area contributed by atoms with E-state index in [0.29, 0.717) is 28.2 Å². The zero-order valence-corrected chi connectivity index (χ0v) is 19.9. The summed E-state index contributed by atoms with van der Waals surface area (Å²) in [4.78, 5) is 48.3. The van der Waals surface area contributed by atoms with Gasteiger partial charge in [0.05, 0.1) is 21.8 Å². The van der Waals surface area contributed by atoms with Crippen LogP contribution in [-0.2, 0) is 18.2 Å². The van der Waals surface area contributed by atoms with Gasteiger partial charge in [-0.15, -0.1) is 11.3 Å². The Morgan fingerprint density at radius 3 is 2.67 bits per heavy atom. The molecule has 1 aliphatic heterocycles. The maximum atomic E-state index is 13.0. The number of imide groups is 1. The van der Waals surface area contributed by atoms with E-state index >= 15 is 0 Å². The zero-order valence-electron chi connectivity index (χ0n) is 19.1. The summed E-state index contributed by atoms with van der Waals surface area (Å²) in [6.45, 7) is 7.44. The number of ether oxygens (including phenoxy) is 1. The lowest BCUT2D eigenvalue weighted by atomic mass is 10.1. The number of carbonyl (C=O) groups excluding carboxylic acids is 3. The lowest BCUT2D eigenvalue weighted by molar-refractivity contribution is 0.0232. The Morgan fingerprint density at radius 2 is 2.00 bits per heavy atom. The van der Waals surface area contributed by atoms with Crippen molar-refractivity contribution < 1.29 is 19.1 Å². The van der Waals surface area contributed by atoms with Crippen molar-refractivity contribution in [1.29, 1.82) is 0 Å². The van der Waals surface area contributed by atoms with Crippen LogP contribution < -0.4 is 5.32 Å². The van der Waals surface area contributed by atoms with Crippen LogP contribution >= 0.6 is 11.3 Å². The number of hydrogen-bond donors (Lipinski definition) is 1. The fourth-order valence-electron chi connectivity index (χ4n) is 3.61. The summed E-state index contributed by atoms with van der Waals surface area (Å²) in [5.41, 5.74) is 2.80. The number of aryl methyl sites for hydroxylation is 1. The van der Waals surface area contributed by atoms with Crippen molar-refractivity contribution >= 4 is 35.2 Å². The topological polar surface area (TPSA) is 106 Å². The second-order valence-corrected chi connectivity index (χ2v) is 9.76. The first-order valence-electron chi connectivity index (χ1n) is 10.5. The van der Waals surface area contributed by atoms with Crippen molar-refractivity contribution in [2.24, 2.45) is 7.05 Å². The van der Waals surface area contributed by atoms with Gasteiger partial charge >= 0.3 is 6.09 Å². The number of amides is 3. The number of thiophene rings is 1. The summed E-state index contributed by atoms with van der Waals surface area (Å²) in [7, 11) is 1.85. The summed E-state index contributed by atoms with van der Waals surface area (Å²) in [6.07, 6.45) is 1.40. The third-order valence-corrected chi connectivity index (χ3v) is 6.16. The Balaban J connectivity index is 1.59. The van der Waals surface area contributed by atoms with Crippen LogP contribution in [0.5, 0.6) is 0 Å². The van der Waals surface area contributed by atoms with Crippen LogP contribution in [0.3, 0.4) is 0 Å². The molecule has 172 valence electrons. The highest BCUT2D eigenvalue weighted by atomic mass is 32.1. The molecular weight excluding hydrogens is 442 g/mol. The number of nitrogens with one attached hydrogen (secondary N) is 1. The third kappa shape index (κ3) is 4.65. The minimum Gasteiger partial charge on any atom is -0.443 e. The van der Waals surface area contributed by atoms with E-state index in [1.165, 1.54) is 11.3 Å². The minimum atomic E-state index is -0.691. The van der Waals surface area contributed by atoms with Crippen LogP contribution in [0.1, 0.15) is 52.1 Å². The fraction of sp³-hybridized carbons (Fsp3) is 0.348. The minimum absolute atomic E-state index is 0.171. The summed E-state index contributed by atoms with van der Waals surface area (Å²) in [5.74, 6) is -0.507. The molecule has 0 fully saturated rings. The Hall–Kier alpha value is -3.53. The van der Waals surface area contributed by atoms with E-state index in [4.69, 9.17) is 4.74 Å². The highest BCUT2D eigenvalue weighted by Crippen LogP contribution is 2.29. The van der Waals surface area contributed by atoms with Crippen LogP contribution in [0.15, 0.2) is 29.8 Å². The first-order chi connectivity index (χ1) is 15.5. The Morgan fingerprint density at radius 1 is 1.24 bits per heavy atom. The van der Waals surface area contributed by atoms with Crippen molar-refractivity contribution in [3.63, 3.8) is 0 Å². The van der Waals surface area contributed by atoms with Gasteiger partial charge in [-0.3, -0.25) is 14.9 Å². The fourth-order valence-corrected chi connectivity index (χ4v) is 4.40. The number of nitrogens with zero attached hydrogens (tertiary/aromatic N) is 4. The van der Waals surface area contributed by atoms with E-state index in [-0.39, 0.29) is 18.4 Å². The maximum Gasteiger partial charge on any atom is 0.417 e. The molecule has 0 bridgehead atoms. The predicted octanol–water partition coefficient (Wildman–Crippen LogP) is 4.04. The van der Waals surface area contributed by atoms with Gasteiger partial charge < -0.3 is 9.30 Å². The molecular formula is C23H25N5O4S. The van der Waals surface area contributed by atoms with Gasteiger partial charge in [0.1, 0.15) is 5.60 Å². The normalized spacial score (nSPS) is 13.6. The second-order valence-electron chi connectivity index (χ2n) is 8.84. The number of aromatic nitrogens is 3. The molecule has 0 aliphatic carbocycles. The molecule has 1 N–H and O–H groups in total. The second kappa shape index (κ2) is 8.43. The van der Waals surface area contributed by atoms with Crippen molar-refractivity contribution in [3.8, 4) is 11.4 Å². The molecule has 3 aromatic rings. The quantitative estimate of drug-likeness (QED) is 0.623. The summed E-state index contributed by atoms with van der Waals surface area (Å²) >= 11 is 1.35. The van der Waals surface area contributed by atoms with Gasteiger partial charge in [0, 0.05) is 31.9 Å². The van der Waals surface area contributed by atoms with Gasteiger partial charge in [0.25, 0.3) is 11.8 Å². The molecule has 0 unspecified atom stereocenters. The van der Waals surface area contributed by atoms with Crippen LogP contribution in [-0.4, -0.2) is 49.5 Å². The predicted molar refractivity (Wildman–Crippen MR) is 124 cm³/mol. The van der Waals surface area contributed by atoms with Gasteiger partial charge in [-0.25, -0.2) is 19.7 Å². The molecule has 1 aliphatic rings. The van der Waals surface area contributed by atoms with E-state index < -0.39 is 17.6 Å². The SMILES string of the molecule is Cc1csc(C(=O)Nc2nccc(-c3cc4c(n3C)CCN(C(=O)OC(C)(C)C)C4=O)n2)c1. The van der Waals surface area contributed by atoms with Gasteiger partial charge in [0.2, 0.25) is 5.95 Å². The number of carbonyl (C=O) groups is 3. The van der Waals surface area contributed by atoms with Crippen LogP contribution in [0.4, 0.5) is 10.7 Å². The highest BCUT2D eigenvalue weighted by molar-refractivity contribution is 7.12. The molecule has 0 atom stereocenters. The molecule has 3 amide bonds. The smallest absolute Gasteiger partial charge is 0.417 e. The molecule has 4 heterocycles. The number of rotatable bonds is 3. The van der Waals surface area contributed by atoms with Gasteiger partial charge in [-0.2, -0.15) is 0 Å². The van der Waals surface area contributed by atoms with Crippen LogP contribution in [0, 0.1) is 6.92 Å². The lowest BCUT2D eigenvalue weighted by Crippen LogP contribution is -2.44. The summed E-state index contributed by atoms with van der Waals surface area (Å²) in [6, 6.07) is 5.23. The van der Waals surface area contributed by atoms with Crippen molar-refractivity contribution in [2.75, 3.05) is 11.9 Å². The van der Waals surface area contributed by atoms with Gasteiger partial charge in [0.15, 0.2) is 0 Å². The standard InChI is InChI=1S/C23H25N5O4S/c1-13-10-18(33-12-13)19(29)26-21-24-8-6-15(25-21)17-11-14-16(27(17)5)7-9-28(20(14)30)22(31)32-23(2,3)4/h6,8,10-12H,7,9H2,1-5H3,(H,24,25,26,29). The molecule has 10 heteroatoms. The van der Waals surface area contributed by atoms with Crippen LogP contribution in [0.25, 0.3) is 11.4 Å².